The van der Waals surface area contributed by atoms with Crippen LogP contribution >= 0.6 is 11.9 Å². The summed E-state index contributed by atoms with van der Waals surface area (Å²) in [5, 5.41) is 23.6. The highest BCUT2D eigenvalue weighted by Crippen LogP contribution is 2.33. The van der Waals surface area contributed by atoms with Crippen molar-refractivity contribution in [2.24, 2.45) is 5.92 Å². The molecule has 0 spiro atoms. The molecule has 33 heavy (non-hydrogen) atoms. The maximum Gasteiger partial charge on any atom is 0.188 e. The topological polar surface area (TPSA) is 95.2 Å². The summed E-state index contributed by atoms with van der Waals surface area (Å²) in [6.07, 6.45) is 6.30. The molecule has 0 radical (unpaired) electrons. The number of hydrogen-bond acceptors (Lipinski definition) is 6. The molecule has 176 valence electrons. The minimum absolute atomic E-state index is 0.199. The molecule has 3 aromatic rings. The highest BCUT2D eigenvalue weighted by atomic mass is 35.5. The van der Waals surface area contributed by atoms with Crippen LogP contribution in [0.25, 0.3) is 5.69 Å². The number of halogens is 2. The van der Waals surface area contributed by atoms with Crippen LogP contribution in [-0.2, 0) is 6.54 Å². The second-order valence-corrected chi connectivity index (χ2v) is 7.70. The van der Waals surface area contributed by atoms with E-state index < -0.39 is 0 Å². The Morgan fingerprint density at radius 3 is 2.73 bits per heavy atom. The van der Waals surface area contributed by atoms with Crippen LogP contribution in [0, 0.1) is 17.1 Å². The van der Waals surface area contributed by atoms with E-state index in [-0.39, 0.29) is 25.0 Å². The minimum atomic E-state index is -0.284. The van der Waals surface area contributed by atoms with Crippen molar-refractivity contribution in [3.05, 3.63) is 65.9 Å². The molecule has 1 aromatic carbocycles. The van der Waals surface area contributed by atoms with Crippen LogP contribution in [0.4, 0.5) is 15.9 Å². The van der Waals surface area contributed by atoms with Crippen molar-refractivity contribution < 1.29 is 13.8 Å². The second-order valence-electron chi connectivity index (χ2n) is 7.55. The number of benzene rings is 1. The van der Waals surface area contributed by atoms with Crippen LogP contribution < -0.4 is 14.9 Å². The molecule has 1 aliphatic carbocycles. The molecule has 0 atom stereocenters. The van der Waals surface area contributed by atoms with Gasteiger partial charge in [-0.05, 0) is 30.9 Å². The van der Waals surface area contributed by atoms with Gasteiger partial charge in [-0.1, -0.05) is 32.0 Å². The van der Waals surface area contributed by atoms with Gasteiger partial charge in [0.15, 0.2) is 5.75 Å². The second kappa shape index (κ2) is 11.7. The van der Waals surface area contributed by atoms with E-state index in [0.717, 1.165) is 12.8 Å². The minimum Gasteiger partial charge on any atom is -0.396 e. The first-order chi connectivity index (χ1) is 16.1. The Kier molecular flexibility index (Phi) is 8.68. The van der Waals surface area contributed by atoms with Crippen LogP contribution in [0.1, 0.15) is 37.9 Å². The summed E-state index contributed by atoms with van der Waals surface area (Å²) in [6.45, 7) is 4.48. The molecular formula is C24H29ClFN5O2. The number of nitrogens with one attached hydrogen (secondary N) is 3. The zero-order chi connectivity index (χ0) is 23.8. The Labute approximate surface area is 198 Å². The third-order valence-electron chi connectivity index (χ3n) is 5.52. The molecular weight excluding hydrogens is 445 g/mol. The number of rotatable bonds is 9. The normalized spacial score (nSPS) is 16.8. The van der Waals surface area contributed by atoms with E-state index in [2.05, 4.69) is 15.6 Å². The predicted octanol–water partition coefficient (Wildman–Crippen LogP) is 5.36. The number of aromatic nitrogens is 2. The third-order valence-corrected chi connectivity index (χ3v) is 5.69. The number of anilines is 2. The summed E-state index contributed by atoms with van der Waals surface area (Å²) in [7, 11) is 0. The van der Waals surface area contributed by atoms with Crippen molar-refractivity contribution in [1.29, 1.82) is 5.41 Å². The largest absolute Gasteiger partial charge is 0.396 e. The molecule has 1 fully saturated rings. The Balaban J connectivity index is 0.00000149. The quantitative estimate of drug-likeness (QED) is 0.314. The molecule has 0 saturated heterocycles. The van der Waals surface area contributed by atoms with E-state index in [1.165, 1.54) is 18.5 Å². The molecule has 7 nitrogen and oxygen atoms in total. The Bertz CT molecular complexity index is 1070. The monoisotopic (exact) mass is 473 g/mol. The molecule has 0 aliphatic heterocycles. The van der Waals surface area contributed by atoms with Gasteiger partial charge in [0.25, 0.3) is 0 Å². The molecule has 0 bridgehead atoms. The number of pyridine rings is 1. The van der Waals surface area contributed by atoms with E-state index in [9.17, 15) is 9.50 Å². The van der Waals surface area contributed by atoms with E-state index in [4.69, 9.17) is 21.6 Å². The fraction of sp³-hybridized carbons (Fsp3) is 0.333. The molecule has 0 amide bonds. The standard InChI is InChI=1S/C22H23ClFN5O2.C2H6/c23-31-21-12-27-22(28-16-7-14(8-16)13-30)9-19(21)29-6-5-18(20(29)10-25)26-11-15-3-1-2-4-17(15)24;1-2/h1-6,9-10,12,14,16,25-26,30H,7-8,11,13H2,(H,27,28);1-2H3. The molecule has 2 aromatic heterocycles. The van der Waals surface area contributed by atoms with Gasteiger partial charge in [0.1, 0.15) is 23.5 Å². The van der Waals surface area contributed by atoms with Crippen LogP contribution in [-0.4, -0.2) is 33.5 Å². The van der Waals surface area contributed by atoms with Gasteiger partial charge in [-0.15, -0.1) is 0 Å². The molecule has 9 heteroatoms. The fourth-order valence-corrected chi connectivity index (χ4v) is 3.87. The van der Waals surface area contributed by atoms with E-state index in [0.29, 0.717) is 40.1 Å². The molecule has 1 saturated carbocycles. The Hall–Kier alpha value is -3.10. The first-order valence-corrected chi connectivity index (χ1v) is 11.3. The highest BCUT2D eigenvalue weighted by Gasteiger charge is 2.28. The van der Waals surface area contributed by atoms with E-state index in [1.807, 2.05) is 19.9 Å². The average molecular weight is 474 g/mol. The third kappa shape index (κ3) is 5.64. The van der Waals surface area contributed by atoms with Gasteiger partial charge in [-0.2, -0.15) is 0 Å². The number of nitrogens with zero attached hydrogens (tertiary/aromatic N) is 2. The summed E-state index contributed by atoms with van der Waals surface area (Å²) >= 11 is 5.66. The van der Waals surface area contributed by atoms with Crippen molar-refractivity contribution in [3.8, 4) is 11.4 Å². The molecule has 2 heterocycles. The zero-order valence-electron chi connectivity index (χ0n) is 18.7. The van der Waals surface area contributed by atoms with Crippen LogP contribution in [0.3, 0.4) is 0 Å². The summed E-state index contributed by atoms with van der Waals surface area (Å²) < 4.78 is 20.7. The Morgan fingerprint density at radius 2 is 2.06 bits per heavy atom. The highest BCUT2D eigenvalue weighted by molar-refractivity contribution is 6.09. The summed E-state index contributed by atoms with van der Waals surface area (Å²) in [6, 6.07) is 10.4. The van der Waals surface area contributed by atoms with Crippen LogP contribution in [0.2, 0.25) is 0 Å². The molecule has 4 rings (SSSR count). The van der Waals surface area contributed by atoms with Gasteiger partial charge in [0.2, 0.25) is 0 Å². The van der Waals surface area contributed by atoms with Gasteiger partial charge < -0.3 is 30.0 Å². The number of hydrogen-bond donors (Lipinski definition) is 4. The number of aliphatic hydroxyl groups excluding tert-OH is 1. The number of aliphatic hydroxyl groups is 1. The average Bonchev–Trinajstić information content (AvgIpc) is 3.24. The van der Waals surface area contributed by atoms with Crippen LogP contribution in [0.15, 0.2) is 48.8 Å². The summed E-state index contributed by atoms with van der Waals surface area (Å²) in [5.74, 6) is 1.04. The maximum atomic E-state index is 13.9. The fourth-order valence-electron chi connectivity index (χ4n) is 3.75. The van der Waals surface area contributed by atoms with Crippen molar-refractivity contribution in [1.82, 2.24) is 9.55 Å². The van der Waals surface area contributed by atoms with Crippen LogP contribution in [0.5, 0.6) is 5.75 Å². The molecule has 4 N–H and O–H groups in total. The predicted molar refractivity (Wildman–Crippen MR) is 130 cm³/mol. The van der Waals surface area contributed by atoms with Crippen molar-refractivity contribution in [2.45, 2.75) is 39.3 Å². The lowest BCUT2D eigenvalue weighted by Gasteiger charge is -2.35. The SMILES string of the molecule is CC.N=Cc1c(NCc2ccccc2F)ccn1-c1cc(NC2CC(CO)C2)ncc1OCl. The van der Waals surface area contributed by atoms with Gasteiger partial charge in [-0.25, -0.2) is 9.37 Å². The smallest absolute Gasteiger partial charge is 0.188 e. The van der Waals surface area contributed by atoms with Gasteiger partial charge in [-0.3, -0.25) is 0 Å². The van der Waals surface area contributed by atoms with E-state index in [1.54, 1.807) is 35.0 Å². The summed E-state index contributed by atoms with van der Waals surface area (Å²) in [5.41, 5.74) is 2.39. The van der Waals surface area contributed by atoms with Gasteiger partial charge in [0.05, 0.1) is 23.3 Å². The van der Waals surface area contributed by atoms with Gasteiger partial charge in [0, 0.05) is 43.2 Å². The van der Waals surface area contributed by atoms with Crippen molar-refractivity contribution in [3.63, 3.8) is 0 Å². The lowest BCUT2D eigenvalue weighted by atomic mass is 9.81. The lowest BCUT2D eigenvalue weighted by Crippen LogP contribution is -2.37. The first-order valence-electron chi connectivity index (χ1n) is 11.0. The Morgan fingerprint density at radius 1 is 1.30 bits per heavy atom. The maximum absolute atomic E-state index is 13.9. The van der Waals surface area contributed by atoms with Crippen molar-refractivity contribution >= 4 is 29.6 Å². The molecule has 0 unspecified atom stereocenters. The summed E-state index contributed by atoms with van der Waals surface area (Å²) in [4.78, 5) is 4.35. The van der Waals surface area contributed by atoms with Crippen molar-refractivity contribution in [2.75, 3.05) is 17.2 Å². The van der Waals surface area contributed by atoms with Gasteiger partial charge >= 0.3 is 0 Å². The zero-order valence-corrected chi connectivity index (χ0v) is 19.4. The molecule has 1 aliphatic rings. The van der Waals surface area contributed by atoms with E-state index >= 15 is 0 Å². The first kappa shape index (κ1) is 24.5. The lowest BCUT2D eigenvalue weighted by molar-refractivity contribution is 0.151.